The van der Waals surface area contributed by atoms with E-state index in [1.165, 1.54) is 19.9 Å². The molecule has 0 aliphatic carbocycles. The molecule has 0 radical (unpaired) electrons. The van der Waals surface area contributed by atoms with E-state index in [9.17, 15) is 13.2 Å². The maximum atomic E-state index is 12.1. The van der Waals surface area contributed by atoms with Gasteiger partial charge in [0.25, 0.3) is 0 Å². The lowest BCUT2D eigenvalue weighted by Crippen LogP contribution is -2.46. The molecule has 5 N–H and O–H groups in total. The average Bonchev–Trinajstić information content (AvgIpc) is 2.27. The highest BCUT2D eigenvalue weighted by molar-refractivity contribution is 7.89. The Bertz CT molecular complexity index is 595. The Kier molecular flexibility index (Phi) is 4.18. The van der Waals surface area contributed by atoms with Crippen molar-refractivity contribution in [2.24, 2.45) is 0 Å². The molecule has 0 aliphatic heterocycles. The number of rotatable bonds is 5. The van der Waals surface area contributed by atoms with E-state index < -0.39 is 38.6 Å². The molecule has 0 heterocycles. The number of nitrogens with two attached hydrogens (primary N) is 1. The van der Waals surface area contributed by atoms with Crippen molar-refractivity contribution in [1.29, 1.82) is 0 Å². The molecule has 0 saturated carbocycles. The molecule has 0 bridgehead atoms. The van der Waals surface area contributed by atoms with Crippen molar-refractivity contribution in [1.82, 2.24) is 4.72 Å². The zero-order chi connectivity index (χ0) is 14.8. The lowest BCUT2D eigenvalue weighted by Gasteiger charge is -2.23. The summed E-state index contributed by atoms with van der Waals surface area (Å²) >= 11 is 0. The Hall–Kier alpha value is -1.64. The van der Waals surface area contributed by atoms with E-state index in [0.29, 0.717) is 0 Å². The molecule has 0 aromatic heterocycles. The molecule has 0 fully saturated rings. The summed E-state index contributed by atoms with van der Waals surface area (Å²) in [5.74, 6) is -1.39. The molecule has 1 rings (SSSR count). The fraction of sp³-hybridized carbons (Fsp3) is 0.364. The van der Waals surface area contributed by atoms with E-state index in [-0.39, 0.29) is 5.69 Å². The number of anilines is 1. The van der Waals surface area contributed by atoms with Crippen molar-refractivity contribution in [2.75, 3.05) is 12.3 Å². The van der Waals surface area contributed by atoms with Gasteiger partial charge in [-0.2, -0.15) is 0 Å². The zero-order valence-electron chi connectivity index (χ0n) is 10.5. The second-order valence-corrected chi connectivity index (χ2v) is 6.36. The van der Waals surface area contributed by atoms with Crippen LogP contribution >= 0.6 is 0 Å². The molecule has 1 aromatic carbocycles. The molecule has 1 aromatic rings. The van der Waals surface area contributed by atoms with Crippen LogP contribution in [0, 0.1) is 0 Å². The Morgan fingerprint density at radius 2 is 2.00 bits per heavy atom. The topological polar surface area (TPSA) is 130 Å². The number of hydrogen-bond acceptors (Lipinski definition) is 5. The molecular weight excluding hydrogens is 272 g/mol. The van der Waals surface area contributed by atoms with Gasteiger partial charge in [-0.3, -0.25) is 0 Å². The molecule has 7 nitrogen and oxygen atoms in total. The Morgan fingerprint density at radius 1 is 1.42 bits per heavy atom. The highest BCUT2D eigenvalue weighted by Crippen LogP contribution is 2.20. The van der Waals surface area contributed by atoms with Crippen LogP contribution in [-0.2, 0) is 10.0 Å². The van der Waals surface area contributed by atoms with Crippen molar-refractivity contribution in [3.8, 4) is 0 Å². The van der Waals surface area contributed by atoms with E-state index in [2.05, 4.69) is 4.72 Å². The zero-order valence-corrected chi connectivity index (χ0v) is 11.4. The minimum atomic E-state index is -4.07. The van der Waals surface area contributed by atoms with Gasteiger partial charge in [0, 0.05) is 5.69 Å². The summed E-state index contributed by atoms with van der Waals surface area (Å²) < 4.78 is 26.5. The van der Waals surface area contributed by atoms with Crippen LogP contribution in [0.15, 0.2) is 23.1 Å². The standard InChI is InChI=1S/C11H16N2O5S/c1-11(2,6-14)13-19(17,18)9-4-3-7(12)5-8(9)10(15)16/h3-5,13-14H,6,12H2,1-2H3,(H,15,16). The number of hydrogen-bond donors (Lipinski definition) is 4. The molecule has 0 amide bonds. The predicted molar refractivity (Wildman–Crippen MR) is 69.3 cm³/mol. The van der Waals surface area contributed by atoms with Crippen LogP contribution in [0.4, 0.5) is 5.69 Å². The first kappa shape index (κ1) is 15.4. The van der Waals surface area contributed by atoms with Gasteiger partial charge >= 0.3 is 5.97 Å². The first-order valence-electron chi connectivity index (χ1n) is 5.37. The van der Waals surface area contributed by atoms with Gasteiger partial charge in [0.1, 0.15) is 0 Å². The van der Waals surface area contributed by atoms with Crippen LogP contribution in [0.3, 0.4) is 0 Å². The molecule has 8 heteroatoms. The van der Waals surface area contributed by atoms with Crippen LogP contribution in [-0.4, -0.2) is 36.7 Å². The van der Waals surface area contributed by atoms with E-state index in [0.717, 1.165) is 12.1 Å². The summed E-state index contributed by atoms with van der Waals surface area (Å²) in [7, 11) is -4.07. The minimum absolute atomic E-state index is 0.151. The van der Waals surface area contributed by atoms with Crippen molar-refractivity contribution in [3.63, 3.8) is 0 Å². The highest BCUT2D eigenvalue weighted by atomic mass is 32.2. The van der Waals surface area contributed by atoms with E-state index in [4.69, 9.17) is 15.9 Å². The van der Waals surface area contributed by atoms with E-state index >= 15 is 0 Å². The normalized spacial score (nSPS) is 12.4. The van der Waals surface area contributed by atoms with Crippen molar-refractivity contribution in [3.05, 3.63) is 23.8 Å². The number of benzene rings is 1. The summed E-state index contributed by atoms with van der Waals surface area (Å²) in [5.41, 5.74) is 4.08. The summed E-state index contributed by atoms with van der Waals surface area (Å²) in [5, 5.41) is 18.1. The Morgan fingerprint density at radius 3 is 2.47 bits per heavy atom. The van der Waals surface area contributed by atoms with Crippen molar-refractivity contribution in [2.45, 2.75) is 24.3 Å². The SMILES string of the molecule is CC(C)(CO)NS(=O)(=O)c1ccc(N)cc1C(=O)O. The van der Waals surface area contributed by atoms with Crippen LogP contribution in [0.5, 0.6) is 0 Å². The Balaban J connectivity index is 3.33. The number of nitrogens with one attached hydrogen (secondary N) is 1. The minimum Gasteiger partial charge on any atom is -0.478 e. The number of sulfonamides is 1. The number of carbonyl (C=O) groups is 1. The lowest BCUT2D eigenvalue weighted by atomic mass is 10.1. The third-order valence-electron chi connectivity index (χ3n) is 2.33. The molecule has 0 spiro atoms. The summed E-state index contributed by atoms with van der Waals surface area (Å²) in [6.07, 6.45) is 0. The first-order chi connectivity index (χ1) is 8.59. The fourth-order valence-electron chi connectivity index (χ4n) is 1.40. The van der Waals surface area contributed by atoms with Crippen molar-refractivity contribution < 1.29 is 23.4 Å². The van der Waals surface area contributed by atoms with Crippen LogP contribution < -0.4 is 10.5 Å². The van der Waals surface area contributed by atoms with Gasteiger partial charge < -0.3 is 15.9 Å². The number of nitrogen functional groups attached to an aromatic ring is 1. The number of carboxylic acids is 1. The van der Waals surface area contributed by atoms with Gasteiger partial charge in [-0.25, -0.2) is 17.9 Å². The van der Waals surface area contributed by atoms with Gasteiger partial charge in [0.05, 0.1) is 22.6 Å². The third kappa shape index (κ3) is 3.66. The second-order valence-electron chi connectivity index (χ2n) is 4.71. The number of aromatic carboxylic acids is 1. The van der Waals surface area contributed by atoms with E-state index in [1.807, 2.05) is 0 Å². The van der Waals surface area contributed by atoms with Gasteiger partial charge in [0.2, 0.25) is 10.0 Å². The Labute approximate surface area is 111 Å². The van der Waals surface area contributed by atoms with Crippen molar-refractivity contribution >= 4 is 21.7 Å². The monoisotopic (exact) mass is 288 g/mol. The van der Waals surface area contributed by atoms with Gasteiger partial charge in [-0.15, -0.1) is 0 Å². The maximum absolute atomic E-state index is 12.1. The maximum Gasteiger partial charge on any atom is 0.337 e. The van der Waals surface area contributed by atoms with Crippen LogP contribution in [0.2, 0.25) is 0 Å². The smallest absolute Gasteiger partial charge is 0.337 e. The summed E-state index contributed by atoms with van der Waals surface area (Å²) in [6, 6.07) is 3.49. The molecule has 0 saturated heterocycles. The quantitative estimate of drug-likeness (QED) is 0.565. The first-order valence-corrected chi connectivity index (χ1v) is 6.85. The van der Waals surface area contributed by atoms with Crippen LogP contribution in [0.25, 0.3) is 0 Å². The number of aliphatic hydroxyl groups is 1. The van der Waals surface area contributed by atoms with E-state index in [1.54, 1.807) is 0 Å². The molecule has 19 heavy (non-hydrogen) atoms. The van der Waals surface area contributed by atoms with Gasteiger partial charge in [-0.1, -0.05) is 0 Å². The molecule has 106 valence electrons. The summed E-state index contributed by atoms with van der Waals surface area (Å²) in [6.45, 7) is 2.52. The highest BCUT2D eigenvalue weighted by Gasteiger charge is 2.29. The molecule has 0 unspecified atom stereocenters. The largest absolute Gasteiger partial charge is 0.478 e. The molecular formula is C11H16N2O5S. The molecule has 0 aliphatic rings. The number of carboxylic acid groups (broad SMARTS) is 1. The second kappa shape index (κ2) is 5.16. The predicted octanol–water partition coefficient (Wildman–Crippen LogP) is 0.0162. The fourth-order valence-corrected chi connectivity index (χ4v) is 2.98. The number of aliphatic hydroxyl groups excluding tert-OH is 1. The molecule has 0 atom stereocenters. The summed E-state index contributed by atoms with van der Waals surface area (Å²) in [4.78, 5) is 10.7. The van der Waals surface area contributed by atoms with Gasteiger partial charge in [0.15, 0.2) is 0 Å². The lowest BCUT2D eigenvalue weighted by molar-refractivity contribution is 0.0692. The van der Waals surface area contributed by atoms with Gasteiger partial charge in [-0.05, 0) is 32.0 Å². The van der Waals surface area contributed by atoms with Crippen LogP contribution in [0.1, 0.15) is 24.2 Å². The average molecular weight is 288 g/mol. The third-order valence-corrected chi connectivity index (χ3v) is 4.09.